The molecule has 0 aliphatic heterocycles. The monoisotopic (exact) mass is 307 g/mol. The molecule has 1 N–H and O–H groups in total. The highest BCUT2D eigenvalue weighted by Gasteiger charge is 2.12. The van der Waals surface area contributed by atoms with Crippen LogP contribution in [0.15, 0.2) is 30.3 Å². The van der Waals surface area contributed by atoms with Gasteiger partial charge in [-0.3, -0.25) is 0 Å². The Bertz CT molecular complexity index is 582. The molecule has 1 atom stereocenters. The summed E-state index contributed by atoms with van der Waals surface area (Å²) < 4.78 is 19.3. The number of hydrogen-bond acceptors (Lipinski definition) is 3. The lowest BCUT2D eigenvalue weighted by atomic mass is 10.1. The van der Waals surface area contributed by atoms with Crippen LogP contribution in [-0.4, -0.2) is 6.54 Å². The molecule has 0 spiro atoms. The van der Waals surface area contributed by atoms with Crippen molar-refractivity contribution in [3.63, 3.8) is 0 Å². The van der Waals surface area contributed by atoms with Gasteiger partial charge in [-0.05, 0) is 38.1 Å². The van der Waals surface area contributed by atoms with Gasteiger partial charge < -0.3 is 10.1 Å². The minimum Gasteiger partial charge on any atom is -0.488 e. The first kappa shape index (κ1) is 16.0. The Morgan fingerprint density at radius 2 is 1.95 bits per heavy atom. The van der Waals surface area contributed by atoms with Crippen molar-refractivity contribution < 1.29 is 9.13 Å². The van der Waals surface area contributed by atoms with Crippen molar-refractivity contribution in [3.8, 4) is 5.75 Å². The number of ether oxygens (including phenoxy) is 1. The Morgan fingerprint density at radius 3 is 2.62 bits per heavy atom. The third-order valence-electron chi connectivity index (χ3n) is 3.39. The van der Waals surface area contributed by atoms with Crippen LogP contribution in [0.3, 0.4) is 0 Å². The predicted octanol–water partition coefficient (Wildman–Crippen LogP) is 4.70. The zero-order valence-corrected chi connectivity index (χ0v) is 13.6. The number of thiophene rings is 1. The van der Waals surface area contributed by atoms with Crippen LogP contribution in [0.4, 0.5) is 4.39 Å². The molecule has 2 nitrogen and oxygen atoms in total. The third kappa shape index (κ3) is 4.29. The van der Waals surface area contributed by atoms with Crippen LogP contribution in [0, 0.1) is 5.82 Å². The summed E-state index contributed by atoms with van der Waals surface area (Å²) >= 11 is 1.75. The highest BCUT2D eigenvalue weighted by atomic mass is 32.1. The molecule has 4 heteroatoms. The fourth-order valence-electron chi connectivity index (χ4n) is 2.25. The maximum Gasteiger partial charge on any atom is 0.127 e. The van der Waals surface area contributed by atoms with Crippen LogP contribution >= 0.6 is 11.3 Å². The summed E-state index contributed by atoms with van der Waals surface area (Å²) in [7, 11) is 0. The second-order valence-corrected chi connectivity index (χ2v) is 6.22. The minimum atomic E-state index is -0.266. The fourth-order valence-corrected chi connectivity index (χ4v) is 3.12. The average molecular weight is 307 g/mol. The molecule has 2 aromatic rings. The van der Waals surface area contributed by atoms with Gasteiger partial charge in [0.15, 0.2) is 0 Å². The number of halogens is 1. The van der Waals surface area contributed by atoms with Crippen molar-refractivity contribution in [2.75, 3.05) is 6.54 Å². The van der Waals surface area contributed by atoms with Crippen LogP contribution < -0.4 is 10.1 Å². The smallest absolute Gasteiger partial charge is 0.127 e. The van der Waals surface area contributed by atoms with E-state index in [-0.39, 0.29) is 11.9 Å². The summed E-state index contributed by atoms with van der Waals surface area (Å²) in [6.45, 7) is 7.60. The molecule has 1 unspecified atom stereocenters. The van der Waals surface area contributed by atoms with Crippen LogP contribution in [-0.2, 0) is 13.0 Å². The molecule has 0 aliphatic carbocycles. The van der Waals surface area contributed by atoms with Crippen LogP contribution in [0.1, 0.15) is 42.1 Å². The molecule has 2 rings (SSSR count). The topological polar surface area (TPSA) is 21.3 Å². The Morgan fingerprint density at radius 1 is 1.19 bits per heavy atom. The van der Waals surface area contributed by atoms with E-state index in [1.165, 1.54) is 17.0 Å². The molecular weight excluding hydrogens is 285 g/mol. The number of nitrogens with one attached hydrogen (secondary N) is 1. The van der Waals surface area contributed by atoms with Crippen molar-refractivity contribution in [1.29, 1.82) is 0 Å². The standard InChI is InChI=1S/C17H22FNOS/c1-4-14-7-8-15(21-14)11-20-17-10-13(18)6-9-16(17)12(3)19-5-2/h6-10,12,19H,4-5,11H2,1-3H3. The van der Waals surface area contributed by atoms with Gasteiger partial charge >= 0.3 is 0 Å². The van der Waals surface area contributed by atoms with E-state index in [4.69, 9.17) is 4.74 Å². The van der Waals surface area contributed by atoms with Crippen molar-refractivity contribution in [3.05, 3.63) is 51.5 Å². The number of hydrogen-bond donors (Lipinski definition) is 1. The average Bonchev–Trinajstić information content (AvgIpc) is 2.93. The van der Waals surface area contributed by atoms with E-state index in [2.05, 4.69) is 38.2 Å². The van der Waals surface area contributed by atoms with E-state index in [0.29, 0.717) is 12.4 Å². The molecule has 0 amide bonds. The van der Waals surface area contributed by atoms with Gasteiger partial charge in [0, 0.05) is 27.4 Å². The van der Waals surface area contributed by atoms with E-state index < -0.39 is 0 Å². The lowest BCUT2D eigenvalue weighted by Gasteiger charge is -2.17. The molecule has 0 saturated heterocycles. The molecule has 0 radical (unpaired) electrons. The molecule has 21 heavy (non-hydrogen) atoms. The Balaban J connectivity index is 2.12. The second kappa shape index (κ2) is 7.57. The summed E-state index contributed by atoms with van der Waals surface area (Å²) in [5.41, 5.74) is 0.991. The summed E-state index contributed by atoms with van der Waals surface area (Å²) in [5, 5.41) is 3.33. The first-order chi connectivity index (χ1) is 10.1. The minimum absolute atomic E-state index is 0.139. The number of benzene rings is 1. The Labute approximate surface area is 130 Å². The SMILES string of the molecule is CCNC(C)c1ccc(F)cc1OCc1ccc(CC)s1. The maximum absolute atomic E-state index is 13.5. The number of aryl methyl sites for hydroxylation is 1. The largest absolute Gasteiger partial charge is 0.488 e. The zero-order valence-electron chi connectivity index (χ0n) is 12.8. The molecular formula is C17H22FNOS. The molecule has 1 aromatic heterocycles. The fraction of sp³-hybridized carbons (Fsp3) is 0.412. The van der Waals surface area contributed by atoms with Gasteiger partial charge in [-0.1, -0.05) is 19.9 Å². The zero-order chi connectivity index (χ0) is 15.2. The van der Waals surface area contributed by atoms with E-state index >= 15 is 0 Å². The molecule has 0 saturated carbocycles. The quantitative estimate of drug-likeness (QED) is 0.800. The normalized spacial score (nSPS) is 12.4. The maximum atomic E-state index is 13.5. The van der Waals surface area contributed by atoms with Gasteiger partial charge in [-0.25, -0.2) is 4.39 Å². The van der Waals surface area contributed by atoms with Gasteiger partial charge in [0.1, 0.15) is 18.2 Å². The molecule has 0 aliphatic rings. The first-order valence-corrected chi connectivity index (χ1v) is 8.18. The Kier molecular flexibility index (Phi) is 5.76. The highest BCUT2D eigenvalue weighted by Crippen LogP contribution is 2.28. The van der Waals surface area contributed by atoms with Crippen LogP contribution in [0.2, 0.25) is 0 Å². The van der Waals surface area contributed by atoms with E-state index in [1.54, 1.807) is 17.4 Å². The molecule has 1 aromatic carbocycles. The number of rotatable bonds is 7. The van der Waals surface area contributed by atoms with Gasteiger partial charge in [0.2, 0.25) is 0 Å². The summed E-state index contributed by atoms with van der Waals surface area (Å²) in [6.07, 6.45) is 1.04. The summed E-state index contributed by atoms with van der Waals surface area (Å²) in [4.78, 5) is 2.51. The van der Waals surface area contributed by atoms with Gasteiger partial charge in [-0.15, -0.1) is 11.3 Å². The highest BCUT2D eigenvalue weighted by molar-refractivity contribution is 7.11. The van der Waals surface area contributed by atoms with Gasteiger partial charge in [0.05, 0.1) is 0 Å². The molecule has 0 bridgehead atoms. The lowest BCUT2D eigenvalue weighted by molar-refractivity contribution is 0.301. The lowest BCUT2D eigenvalue weighted by Crippen LogP contribution is -2.18. The molecule has 0 fully saturated rings. The summed E-state index contributed by atoms with van der Waals surface area (Å²) in [6, 6.07) is 9.09. The predicted molar refractivity (Wildman–Crippen MR) is 86.5 cm³/mol. The van der Waals surface area contributed by atoms with E-state index in [0.717, 1.165) is 23.4 Å². The third-order valence-corrected chi connectivity index (χ3v) is 4.59. The van der Waals surface area contributed by atoms with E-state index in [1.807, 2.05) is 0 Å². The van der Waals surface area contributed by atoms with Gasteiger partial charge in [-0.2, -0.15) is 0 Å². The van der Waals surface area contributed by atoms with E-state index in [9.17, 15) is 4.39 Å². The first-order valence-electron chi connectivity index (χ1n) is 7.37. The van der Waals surface area contributed by atoms with Crippen molar-refractivity contribution >= 4 is 11.3 Å². The summed E-state index contributed by atoms with van der Waals surface area (Å²) in [5.74, 6) is 0.354. The van der Waals surface area contributed by atoms with Crippen molar-refractivity contribution in [1.82, 2.24) is 5.32 Å². The second-order valence-electron chi connectivity index (χ2n) is 4.97. The van der Waals surface area contributed by atoms with Crippen molar-refractivity contribution in [2.24, 2.45) is 0 Å². The van der Waals surface area contributed by atoms with Crippen molar-refractivity contribution in [2.45, 2.75) is 39.8 Å². The van der Waals surface area contributed by atoms with Crippen LogP contribution in [0.5, 0.6) is 5.75 Å². The molecule has 114 valence electrons. The van der Waals surface area contributed by atoms with Gasteiger partial charge in [0.25, 0.3) is 0 Å². The molecule has 1 heterocycles. The van der Waals surface area contributed by atoms with Crippen LogP contribution in [0.25, 0.3) is 0 Å². The Hall–Kier alpha value is -1.39.